The third kappa shape index (κ3) is 3.56. The molecule has 1 N–H and O–H groups in total. The van der Waals surface area contributed by atoms with E-state index >= 15 is 0 Å². The van der Waals surface area contributed by atoms with Crippen LogP contribution in [0.4, 0.5) is 0 Å². The van der Waals surface area contributed by atoms with Gasteiger partial charge >= 0.3 is 0 Å². The van der Waals surface area contributed by atoms with E-state index in [1.165, 1.54) is 30.5 Å². The van der Waals surface area contributed by atoms with E-state index in [0.717, 1.165) is 45.3 Å². The molecule has 2 heterocycles. The molecule has 0 spiro atoms. The van der Waals surface area contributed by atoms with Gasteiger partial charge in [-0.3, -0.25) is 4.90 Å². The lowest BCUT2D eigenvalue weighted by Gasteiger charge is -2.28. The molecule has 2 aliphatic heterocycles. The van der Waals surface area contributed by atoms with Crippen molar-refractivity contribution in [3.05, 3.63) is 35.4 Å². The van der Waals surface area contributed by atoms with Gasteiger partial charge in [0.05, 0.1) is 6.61 Å². The Bertz CT molecular complexity index is 401. The van der Waals surface area contributed by atoms with Crippen molar-refractivity contribution in [3.8, 4) is 0 Å². The molecule has 19 heavy (non-hydrogen) atoms. The Morgan fingerprint density at radius 3 is 3.00 bits per heavy atom. The molecule has 0 saturated carbocycles. The van der Waals surface area contributed by atoms with Crippen molar-refractivity contribution < 1.29 is 4.74 Å². The number of nitrogens with zero attached hydrogens (tertiary/aromatic N) is 1. The summed E-state index contributed by atoms with van der Waals surface area (Å²) in [6, 6.07) is 8.84. The summed E-state index contributed by atoms with van der Waals surface area (Å²) in [6.45, 7) is 7.58. The van der Waals surface area contributed by atoms with Crippen molar-refractivity contribution in [3.63, 3.8) is 0 Å². The lowest BCUT2D eigenvalue weighted by Crippen LogP contribution is -2.37. The van der Waals surface area contributed by atoms with Crippen molar-refractivity contribution in [1.82, 2.24) is 10.2 Å². The zero-order valence-corrected chi connectivity index (χ0v) is 11.6. The molecule has 0 bridgehead atoms. The SMILES string of the molecule is c1ccc2c(c1)CCN(CCNCC1CCOC1)C2. The first-order valence-corrected chi connectivity index (χ1v) is 7.49. The van der Waals surface area contributed by atoms with Gasteiger partial charge in [-0.15, -0.1) is 0 Å². The first-order chi connectivity index (χ1) is 9.42. The molecular formula is C16H24N2O. The van der Waals surface area contributed by atoms with Gasteiger partial charge in [-0.2, -0.15) is 0 Å². The van der Waals surface area contributed by atoms with E-state index in [0.29, 0.717) is 0 Å². The highest BCUT2D eigenvalue weighted by molar-refractivity contribution is 5.28. The lowest BCUT2D eigenvalue weighted by molar-refractivity contribution is 0.184. The molecule has 1 saturated heterocycles. The minimum atomic E-state index is 0.738. The molecule has 3 rings (SSSR count). The number of hydrogen-bond donors (Lipinski definition) is 1. The summed E-state index contributed by atoms with van der Waals surface area (Å²) in [5, 5.41) is 3.58. The molecule has 1 aromatic carbocycles. The van der Waals surface area contributed by atoms with Crippen LogP contribution in [0, 0.1) is 5.92 Å². The van der Waals surface area contributed by atoms with Gasteiger partial charge in [-0.1, -0.05) is 24.3 Å². The third-order valence-corrected chi connectivity index (χ3v) is 4.27. The van der Waals surface area contributed by atoms with Gasteiger partial charge in [0.1, 0.15) is 0 Å². The Morgan fingerprint density at radius 1 is 1.26 bits per heavy atom. The molecule has 1 atom stereocenters. The normalized spacial score (nSPS) is 23.5. The van der Waals surface area contributed by atoms with Crippen LogP contribution in [0.3, 0.4) is 0 Å². The lowest BCUT2D eigenvalue weighted by atomic mass is 10.00. The molecule has 2 aliphatic rings. The van der Waals surface area contributed by atoms with E-state index in [1.807, 2.05) is 0 Å². The van der Waals surface area contributed by atoms with Crippen LogP contribution in [0.5, 0.6) is 0 Å². The van der Waals surface area contributed by atoms with Crippen LogP contribution in [0.25, 0.3) is 0 Å². The van der Waals surface area contributed by atoms with Gasteiger partial charge in [0, 0.05) is 39.3 Å². The van der Waals surface area contributed by atoms with E-state index in [4.69, 9.17) is 4.74 Å². The highest BCUT2D eigenvalue weighted by atomic mass is 16.5. The summed E-state index contributed by atoms with van der Waals surface area (Å²) in [7, 11) is 0. The van der Waals surface area contributed by atoms with Crippen LogP contribution in [0.2, 0.25) is 0 Å². The van der Waals surface area contributed by atoms with Crippen molar-refractivity contribution in [1.29, 1.82) is 0 Å². The fraction of sp³-hybridized carbons (Fsp3) is 0.625. The number of hydrogen-bond acceptors (Lipinski definition) is 3. The van der Waals surface area contributed by atoms with Gasteiger partial charge < -0.3 is 10.1 Å². The second kappa shape index (κ2) is 6.51. The smallest absolute Gasteiger partial charge is 0.0507 e. The molecule has 1 aromatic rings. The number of nitrogens with one attached hydrogen (secondary N) is 1. The predicted octanol–water partition coefficient (Wildman–Crippen LogP) is 1.67. The third-order valence-electron chi connectivity index (χ3n) is 4.27. The van der Waals surface area contributed by atoms with Crippen LogP contribution in [-0.2, 0) is 17.7 Å². The maximum absolute atomic E-state index is 5.39. The molecule has 104 valence electrons. The standard InChI is InChI=1S/C16H24N2O/c1-2-4-16-12-18(8-5-15(16)3-1)9-7-17-11-14-6-10-19-13-14/h1-4,14,17H,5-13H2. The van der Waals surface area contributed by atoms with Crippen molar-refractivity contribution in [2.24, 2.45) is 5.92 Å². The number of rotatable bonds is 5. The molecule has 0 amide bonds. The monoisotopic (exact) mass is 260 g/mol. The molecule has 0 aromatic heterocycles. The number of ether oxygens (including phenoxy) is 1. The average Bonchev–Trinajstić information content (AvgIpc) is 2.97. The average molecular weight is 260 g/mol. The van der Waals surface area contributed by atoms with E-state index in [1.54, 1.807) is 0 Å². The van der Waals surface area contributed by atoms with Crippen LogP contribution >= 0.6 is 0 Å². The Kier molecular flexibility index (Phi) is 4.49. The summed E-state index contributed by atoms with van der Waals surface area (Å²) < 4.78 is 5.39. The summed E-state index contributed by atoms with van der Waals surface area (Å²) in [4.78, 5) is 2.56. The van der Waals surface area contributed by atoms with Crippen LogP contribution in [0.1, 0.15) is 17.5 Å². The van der Waals surface area contributed by atoms with Gasteiger partial charge in [0.15, 0.2) is 0 Å². The summed E-state index contributed by atoms with van der Waals surface area (Å²) in [5.74, 6) is 0.738. The molecule has 0 radical (unpaired) electrons. The van der Waals surface area contributed by atoms with Gasteiger partial charge in [-0.05, 0) is 29.9 Å². The Balaban J connectivity index is 1.37. The van der Waals surface area contributed by atoms with Crippen molar-refractivity contribution >= 4 is 0 Å². The van der Waals surface area contributed by atoms with Crippen molar-refractivity contribution in [2.75, 3.05) is 39.4 Å². The quantitative estimate of drug-likeness (QED) is 0.815. The topological polar surface area (TPSA) is 24.5 Å². The maximum Gasteiger partial charge on any atom is 0.0507 e. The first kappa shape index (κ1) is 13.1. The zero-order valence-electron chi connectivity index (χ0n) is 11.6. The van der Waals surface area contributed by atoms with Crippen LogP contribution in [-0.4, -0.2) is 44.3 Å². The summed E-state index contributed by atoms with van der Waals surface area (Å²) in [6.07, 6.45) is 2.43. The summed E-state index contributed by atoms with van der Waals surface area (Å²) in [5.41, 5.74) is 3.05. The van der Waals surface area contributed by atoms with Crippen LogP contribution < -0.4 is 5.32 Å². The molecule has 3 heteroatoms. The second-order valence-electron chi connectivity index (χ2n) is 5.73. The molecule has 0 aliphatic carbocycles. The fourth-order valence-electron chi connectivity index (χ4n) is 3.03. The zero-order chi connectivity index (χ0) is 12.9. The molecule has 1 fully saturated rings. The fourth-order valence-corrected chi connectivity index (χ4v) is 3.03. The minimum absolute atomic E-state index is 0.738. The number of benzene rings is 1. The predicted molar refractivity (Wildman–Crippen MR) is 77.2 cm³/mol. The number of fused-ring (bicyclic) bond motifs is 1. The van der Waals surface area contributed by atoms with Gasteiger partial charge in [-0.25, -0.2) is 0 Å². The highest BCUT2D eigenvalue weighted by Gasteiger charge is 2.16. The largest absolute Gasteiger partial charge is 0.381 e. The summed E-state index contributed by atoms with van der Waals surface area (Å²) >= 11 is 0. The van der Waals surface area contributed by atoms with E-state index < -0.39 is 0 Å². The van der Waals surface area contributed by atoms with Gasteiger partial charge in [0.2, 0.25) is 0 Å². The van der Waals surface area contributed by atoms with Gasteiger partial charge in [0.25, 0.3) is 0 Å². The molecule has 3 nitrogen and oxygen atoms in total. The maximum atomic E-state index is 5.39. The Labute approximate surface area is 115 Å². The first-order valence-electron chi connectivity index (χ1n) is 7.49. The molecule has 1 unspecified atom stereocenters. The van der Waals surface area contributed by atoms with E-state index in [-0.39, 0.29) is 0 Å². The Hall–Kier alpha value is -0.900. The highest BCUT2D eigenvalue weighted by Crippen LogP contribution is 2.17. The molecular weight excluding hydrogens is 236 g/mol. The Morgan fingerprint density at radius 2 is 2.16 bits per heavy atom. The van der Waals surface area contributed by atoms with E-state index in [2.05, 4.69) is 34.5 Å². The van der Waals surface area contributed by atoms with E-state index in [9.17, 15) is 0 Å². The second-order valence-corrected chi connectivity index (χ2v) is 5.73. The van der Waals surface area contributed by atoms with Crippen molar-refractivity contribution in [2.45, 2.75) is 19.4 Å². The minimum Gasteiger partial charge on any atom is -0.381 e. The van der Waals surface area contributed by atoms with Crippen LogP contribution in [0.15, 0.2) is 24.3 Å².